The monoisotopic (exact) mass is 273 g/mol. The molecule has 0 aromatic heterocycles. The molecular weight excluding hydrogens is 258 g/mol. The van der Waals surface area contributed by atoms with E-state index < -0.39 is 0 Å². The second-order valence-corrected chi connectivity index (χ2v) is 4.86. The van der Waals surface area contributed by atoms with Crippen molar-refractivity contribution in [2.75, 3.05) is 5.32 Å². The first-order chi connectivity index (χ1) is 9.08. The molecule has 0 amide bonds. The Morgan fingerprint density at radius 3 is 2.63 bits per heavy atom. The van der Waals surface area contributed by atoms with Crippen LogP contribution in [0.5, 0.6) is 0 Å². The summed E-state index contributed by atoms with van der Waals surface area (Å²) in [6.45, 7) is 5.54. The molecule has 0 unspecified atom stereocenters. The van der Waals surface area contributed by atoms with Gasteiger partial charge in [-0.3, -0.25) is 0 Å². The third kappa shape index (κ3) is 3.30. The molecule has 0 aliphatic carbocycles. The van der Waals surface area contributed by atoms with Gasteiger partial charge in [0.1, 0.15) is 0 Å². The smallest absolute Gasteiger partial charge is 0.0895 e. The van der Waals surface area contributed by atoms with Crippen LogP contribution in [-0.2, 0) is 6.42 Å². The molecule has 2 rings (SSSR count). The number of hydrogen-bond acceptors (Lipinski definition) is 2. The van der Waals surface area contributed by atoms with E-state index in [1.165, 1.54) is 0 Å². The normalized spacial score (nSPS) is 10.2. The number of aliphatic hydroxyl groups excluding tert-OH is 1. The molecule has 0 spiro atoms. The van der Waals surface area contributed by atoms with Crippen molar-refractivity contribution < 1.29 is 5.11 Å². The molecule has 0 aliphatic heterocycles. The first-order valence-electron chi connectivity index (χ1n) is 6.04. The van der Waals surface area contributed by atoms with E-state index >= 15 is 0 Å². The second-order valence-electron chi connectivity index (χ2n) is 4.46. The van der Waals surface area contributed by atoms with Crippen LogP contribution in [0.3, 0.4) is 0 Å². The number of aryl methyl sites for hydroxylation is 1. The van der Waals surface area contributed by atoms with Crippen molar-refractivity contribution in [1.82, 2.24) is 0 Å². The molecule has 0 fully saturated rings. The van der Waals surface area contributed by atoms with E-state index in [1.807, 2.05) is 49.4 Å². The maximum Gasteiger partial charge on any atom is 0.0895 e. The largest absolute Gasteiger partial charge is 0.513 e. The molecule has 19 heavy (non-hydrogen) atoms. The van der Waals surface area contributed by atoms with Gasteiger partial charge in [-0.1, -0.05) is 48.5 Å². The number of nitrogens with one attached hydrogen (secondary N) is 1. The van der Waals surface area contributed by atoms with Gasteiger partial charge in [-0.15, -0.1) is 0 Å². The zero-order valence-corrected chi connectivity index (χ0v) is 11.5. The Morgan fingerprint density at radius 1 is 1.21 bits per heavy atom. The van der Waals surface area contributed by atoms with Gasteiger partial charge >= 0.3 is 0 Å². The van der Waals surface area contributed by atoms with Gasteiger partial charge in [0, 0.05) is 12.1 Å². The highest BCUT2D eigenvalue weighted by Gasteiger charge is 2.07. The minimum atomic E-state index is 0.144. The predicted molar refractivity (Wildman–Crippen MR) is 81.4 cm³/mol. The molecule has 0 atom stereocenters. The molecule has 2 aromatic rings. The molecule has 0 bridgehead atoms. The van der Waals surface area contributed by atoms with E-state index in [4.69, 9.17) is 11.6 Å². The van der Waals surface area contributed by atoms with Gasteiger partial charge < -0.3 is 10.4 Å². The Kier molecular flexibility index (Phi) is 4.13. The lowest BCUT2D eigenvalue weighted by Gasteiger charge is -2.14. The number of para-hydroxylation sites is 2. The highest BCUT2D eigenvalue weighted by molar-refractivity contribution is 6.33. The van der Waals surface area contributed by atoms with Crippen LogP contribution in [-0.4, -0.2) is 5.11 Å². The topological polar surface area (TPSA) is 32.3 Å². The Bertz CT molecular complexity index is 587. The summed E-state index contributed by atoms with van der Waals surface area (Å²) in [7, 11) is 0. The van der Waals surface area contributed by atoms with Crippen molar-refractivity contribution in [3.63, 3.8) is 0 Å². The third-order valence-electron chi connectivity index (χ3n) is 2.89. The Labute approximate surface area is 118 Å². The van der Waals surface area contributed by atoms with Crippen LogP contribution in [0.4, 0.5) is 11.4 Å². The van der Waals surface area contributed by atoms with E-state index in [2.05, 4.69) is 11.9 Å². The molecule has 2 aromatic carbocycles. The summed E-state index contributed by atoms with van der Waals surface area (Å²) >= 11 is 6.21. The van der Waals surface area contributed by atoms with Crippen molar-refractivity contribution in [2.45, 2.75) is 13.3 Å². The Morgan fingerprint density at radius 2 is 1.95 bits per heavy atom. The highest BCUT2D eigenvalue weighted by atomic mass is 35.5. The van der Waals surface area contributed by atoms with Crippen molar-refractivity contribution in [1.29, 1.82) is 0 Å². The van der Waals surface area contributed by atoms with Crippen LogP contribution in [0.2, 0.25) is 5.02 Å². The van der Waals surface area contributed by atoms with Gasteiger partial charge in [-0.25, -0.2) is 0 Å². The van der Waals surface area contributed by atoms with E-state index in [0.29, 0.717) is 11.4 Å². The summed E-state index contributed by atoms with van der Waals surface area (Å²) < 4.78 is 0. The lowest BCUT2D eigenvalue weighted by Crippen LogP contribution is -1.99. The number of rotatable bonds is 4. The average Bonchev–Trinajstić information content (AvgIpc) is 2.35. The molecule has 0 saturated heterocycles. The van der Waals surface area contributed by atoms with Crippen LogP contribution >= 0.6 is 11.6 Å². The number of allylic oxidation sites excluding steroid dienone is 1. The van der Waals surface area contributed by atoms with E-state index in [9.17, 15) is 5.11 Å². The van der Waals surface area contributed by atoms with Crippen molar-refractivity contribution in [3.05, 3.63) is 71.0 Å². The number of aliphatic hydroxyl groups is 1. The fourth-order valence-corrected chi connectivity index (χ4v) is 2.21. The summed E-state index contributed by atoms with van der Waals surface area (Å²) in [5.74, 6) is 0.144. The van der Waals surface area contributed by atoms with Crippen molar-refractivity contribution in [2.24, 2.45) is 0 Å². The van der Waals surface area contributed by atoms with Gasteiger partial charge in [0.15, 0.2) is 0 Å². The van der Waals surface area contributed by atoms with Crippen LogP contribution < -0.4 is 5.32 Å². The number of benzene rings is 2. The molecule has 0 aliphatic rings. The summed E-state index contributed by atoms with van der Waals surface area (Å²) in [6.07, 6.45) is 0.423. The molecule has 2 N–H and O–H groups in total. The SMILES string of the molecule is C=C(O)Cc1ccccc1Nc1c(C)cccc1Cl. The van der Waals surface area contributed by atoms with E-state index in [0.717, 1.165) is 22.5 Å². The van der Waals surface area contributed by atoms with E-state index in [-0.39, 0.29) is 5.76 Å². The van der Waals surface area contributed by atoms with Gasteiger partial charge in [0.2, 0.25) is 0 Å². The minimum absolute atomic E-state index is 0.144. The Balaban J connectivity index is 2.36. The van der Waals surface area contributed by atoms with Crippen molar-refractivity contribution >= 4 is 23.0 Å². The molecule has 98 valence electrons. The summed E-state index contributed by atoms with van der Waals surface area (Å²) in [6, 6.07) is 13.6. The number of anilines is 2. The first-order valence-corrected chi connectivity index (χ1v) is 6.42. The Hall–Kier alpha value is -1.93. The van der Waals surface area contributed by atoms with E-state index in [1.54, 1.807) is 0 Å². The zero-order chi connectivity index (χ0) is 13.8. The molecule has 0 saturated carbocycles. The lowest BCUT2D eigenvalue weighted by molar-refractivity contribution is 0.402. The van der Waals surface area contributed by atoms with Crippen molar-refractivity contribution in [3.8, 4) is 0 Å². The summed E-state index contributed by atoms with van der Waals surface area (Å²) in [5.41, 5.74) is 3.87. The molecular formula is C16H16ClNO. The summed E-state index contributed by atoms with van der Waals surface area (Å²) in [4.78, 5) is 0. The van der Waals surface area contributed by atoms with Crippen LogP contribution in [0.15, 0.2) is 54.8 Å². The number of halogens is 1. The second kappa shape index (κ2) is 5.81. The highest BCUT2D eigenvalue weighted by Crippen LogP contribution is 2.30. The molecule has 0 radical (unpaired) electrons. The van der Waals surface area contributed by atoms with Crippen LogP contribution in [0.1, 0.15) is 11.1 Å². The van der Waals surface area contributed by atoms with Gasteiger partial charge in [-0.2, -0.15) is 0 Å². The summed E-state index contributed by atoms with van der Waals surface area (Å²) in [5, 5.41) is 13.4. The fourth-order valence-electron chi connectivity index (χ4n) is 1.94. The third-order valence-corrected chi connectivity index (χ3v) is 3.21. The number of hydrogen-bond donors (Lipinski definition) is 2. The van der Waals surface area contributed by atoms with Crippen LogP contribution in [0.25, 0.3) is 0 Å². The molecule has 0 heterocycles. The van der Waals surface area contributed by atoms with Gasteiger partial charge in [-0.05, 0) is 30.2 Å². The van der Waals surface area contributed by atoms with Gasteiger partial charge in [0.25, 0.3) is 0 Å². The molecule has 2 nitrogen and oxygen atoms in total. The van der Waals surface area contributed by atoms with Crippen LogP contribution in [0, 0.1) is 6.92 Å². The average molecular weight is 274 g/mol. The minimum Gasteiger partial charge on any atom is -0.513 e. The zero-order valence-electron chi connectivity index (χ0n) is 10.8. The predicted octanol–water partition coefficient (Wildman–Crippen LogP) is 5.01. The standard InChI is InChI=1S/C16H16ClNO/c1-11-6-5-8-14(17)16(11)18-15-9-4-3-7-13(15)10-12(2)19/h3-9,18-19H,2,10H2,1H3. The lowest BCUT2D eigenvalue weighted by atomic mass is 10.1. The quantitative estimate of drug-likeness (QED) is 0.768. The molecule has 3 heteroatoms. The fraction of sp³-hybridized carbons (Fsp3) is 0.125. The maximum absolute atomic E-state index is 9.36. The maximum atomic E-state index is 9.36. The first kappa shape index (κ1) is 13.5. The van der Waals surface area contributed by atoms with Gasteiger partial charge in [0.05, 0.1) is 16.5 Å².